The maximum Gasteiger partial charge on any atom is 0.325 e. The van der Waals surface area contributed by atoms with Crippen molar-refractivity contribution >= 4 is 11.9 Å². The molecule has 0 fully saturated rings. The number of hydrogen-bond acceptors (Lipinski definition) is 5. The molecule has 0 radical (unpaired) electrons. The van der Waals surface area contributed by atoms with E-state index in [4.69, 9.17) is 15.2 Å². The zero-order chi connectivity index (χ0) is 19.6. The van der Waals surface area contributed by atoms with Gasteiger partial charge in [0.2, 0.25) is 5.91 Å². The molecule has 27 heavy (non-hydrogen) atoms. The first-order valence-electron chi connectivity index (χ1n) is 8.91. The molecule has 0 aliphatic heterocycles. The van der Waals surface area contributed by atoms with Gasteiger partial charge in [0.15, 0.2) is 0 Å². The summed E-state index contributed by atoms with van der Waals surface area (Å²) in [5, 5.41) is 0. The molecule has 0 saturated carbocycles. The van der Waals surface area contributed by atoms with Crippen molar-refractivity contribution in [3.05, 3.63) is 65.7 Å². The van der Waals surface area contributed by atoms with Gasteiger partial charge < -0.3 is 20.1 Å². The number of rotatable bonds is 9. The Labute approximate surface area is 159 Å². The molecular weight excluding hydrogens is 344 g/mol. The van der Waals surface area contributed by atoms with Crippen LogP contribution in [0.2, 0.25) is 0 Å². The lowest BCUT2D eigenvalue weighted by Gasteiger charge is -2.25. The molecule has 2 aromatic rings. The third kappa shape index (κ3) is 6.11. The molecule has 2 aromatic carbocycles. The van der Waals surface area contributed by atoms with Crippen LogP contribution in [-0.4, -0.2) is 43.1 Å². The maximum atomic E-state index is 12.9. The van der Waals surface area contributed by atoms with E-state index in [1.165, 1.54) is 4.90 Å². The Balaban J connectivity index is 2.14. The van der Waals surface area contributed by atoms with Crippen molar-refractivity contribution in [1.29, 1.82) is 0 Å². The van der Waals surface area contributed by atoms with Gasteiger partial charge in [-0.2, -0.15) is 0 Å². The molecule has 144 valence electrons. The van der Waals surface area contributed by atoms with Gasteiger partial charge >= 0.3 is 5.97 Å². The third-order valence-corrected chi connectivity index (χ3v) is 4.10. The number of carbonyl (C=O) groups excluding carboxylic acids is 2. The van der Waals surface area contributed by atoms with Crippen LogP contribution in [0.4, 0.5) is 0 Å². The van der Waals surface area contributed by atoms with Gasteiger partial charge in [-0.15, -0.1) is 0 Å². The minimum atomic E-state index is -0.792. The van der Waals surface area contributed by atoms with Crippen LogP contribution in [0.25, 0.3) is 0 Å². The zero-order valence-electron chi connectivity index (χ0n) is 15.8. The number of nitrogens with two attached hydrogens (primary N) is 1. The van der Waals surface area contributed by atoms with Crippen molar-refractivity contribution in [2.75, 3.05) is 20.3 Å². The van der Waals surface area contributed by atoms with E-state index in [9.17, 15) is 9.59 Å². The molecule has 2 N–H and O–H groups in total. The van der Waals surface area contributed by atoms with Crippen molar-refractivity contribution in [2.24, 2.45) is 5.73 Å². The molecule has 0 heterocycles. The molecule has 1 amide bonds. The Kier molecular flexibility index (Phi) is 7.82. The molecule has 0 saturated heterocycles. The first-order chi connectivity index (χ1) is 13.0. The van der Waals surface area contributed by atoms with Crippen molar-refractivity contribution in [3.63, 3.8) is 0 Å². The molecule has 6 heteroatoms. The summed E-state index contributed by atoms with van der Waals surface area (Å²) in [6, 6.07) is 16.1. The summed E-state index contributed by atoms with van der Waals surface area (Å²) in [5.41, 5.74) is 7.94. The standard InChI is InChI=1S/C21H26N2O4/c1-3-27-20(24)15-23(14-16-9-5-4-6-10-16)21(25)18(22)13-17-11-7-8-12-19(17)26-2/h4-12,18H,3,13-15,22H2,1-2H3. The summed E-state index contributed by atoms with van der Waals surface area (Å²) in [5.74, 6) is -0.0789. The van der Waals surface area contributed by atoms with Crippen LogP contribution in [0.5, 0.6) is 5.75 Å². The van der Waals surface area contributed by atoms with Gasteiger partial charge in [-0.25, -0.2) is 0 Å². The molecule has 1 atom stereocenters. The normalized spacial score (nSPS) is 11.5. The average molecular weight is 370 g/mol. The van der Waals surface area contributed by atoms with Gasteiger partial charge in [0.25, 0.3) is 0 Å². The lowest BCUT2D eigenvalue weighted by atomic mass is 10.0. The van der Waals surface area contributed by atoms with Crippen molar-refractivity contribution < 1.29 is 19.1 Å². The Bertz CT molecular complexity index is 749. The van der Waals surface area contributed by atoms with E-state index in [-0.39, 0.29) is 25.6 Å². The number of esters is 1. The SMILES string of the molecule is CCOC(=O)CN(Cc1ccccc1)C(=O)C(N)Cc1ccccc1OC. The van der Waals surface area contributed by atoms with E-state index in [0.29, 0.717) is 12.2 Å². The number of nitrogens with zero attached hydrogens (tertiary/aromatic N) is 1. The fourth-order valence-electron chi connectivity index (χ4n) is 2.81. The van der Waals surface area contributed by atoms with Gasteiger partial charge in [0.05, 0.1) is 19.8 Å². The van der Waals surface area contributed by atoms with Crippen LogP contribution < -0.4 is 10.5 Å². The smallest absolute Gasteiger partial charge is 0.325 e. The molecule has 6 nitrogen and oxygen atoms in total. The summed E-state index contributed by atoms with van der Waals surface area (Å²) in [6.07, 6.45) is 0.316. The van der Waals surface area contributed by atoms with Crippen molar-refractivity contribution in [3.8, 4) is 5.75 Å². The Hall–Kier alpha value is -2.86. The van der Waals surface area contributed by atoms with Crippen molar-refractivity contribution in [1.82, 2.24) is 4.90 Å². The van der Waals surface area contributed by atoms with E-state index < -0.39 is 12.0 Å². The fraction of sp³-hybridized carbons (Fsp3) is 0.333. The summed E-state index contributed by atoms with van der Waals surface area (Å²) < 4.78 is 10.3. The fourth-order valence-corrected chi connectivity index (χ4v) is 2.81. The number of carbonyl (C=O) groups is 2. The van der Waals surface area contributed by atoms with E-state index in [2.05, 4.69) is 0 Å². The average Bonchev–Trinajstić information content (AvgIpc) is 2.68. The predicted molar refractivity (Wildman–Crippen MR) is 103 cm³/mol. The molecule has 0 aliphatic carbocycles. The number of ether oxygens (including phenoxy) is 2. The van der Waals surface area contributed by atoms with Crippen molar-refractivity contribution in [2.45, 2.75) is 25.9 Å². The topological polar surface area (TPSA) is 81.9 Å². The van der Waals surface area contributed by atoms with Crippen LogP contribution in [0, 0.1) is 0 Å². The molecular formula is C21H26N2O4. The van der Waals surface area contributed by atoms with Gasteiger partial charge in [0, 0.05) is 13.0 Å². The third-order valence-electron chi connectivity index (χ3n) is 4.10. The van der Waals surface area contributed by atoms with Gasteiger partial charge in [-0.3, -0.25) is 9.59 Å². The van der Waals surface area contributed by atoms with Crippen LogP contribution in [0.1, 0.15) is 18.1 Å². The zero-order valence-corrected chi connectivity index (χ0v) is 15.8. The van der Waals surface area contributed by atoms with E-state index in [0.717, 1.165) is 11.1 Å². The second-order valence-corrected chi connectivity index (χ2v) is 6.11. The highest BCUT2D eigenvalue weighted by atomic mass is 16.5. The number of hydrogen-bond donors (Lipinski definition) is 1. The van der Waals surface area contributed by atoms with Crippen LogP contribution in [0.3, 0.4) is 0 Å². The maximum absolute atomic E-state index is 12.9. The largest absolute Gasteiger partial charge is 0.496 e. The number of amides is 1. The summed E-state index contributed by atoms with van der Waals surface area (Å²) in [6.45, 7) is 2.15. The summed E-state index contributed by atoms with van der Waals surface area (Å²) in [4.78, 5) is 26.3. The highest BCUT2D eigenvalue weighted by Gasteiger charge is 2.25. The molecule has 0 bridgehead atoms. The van der Waals surface area contributed by atoms with E-state index >= 15 is 0 Å². The Morgan fingerprint density at radius 2 is 1.74 bits per heavy atom. The minimum Gasteiger partial charge on any atom is -0.496 e. The van der Waals surface area contributed by atoms with Gasteiger partial charge in [-0.1, -0.05) is 48.5 Å². The number of benzene rings is 2. The van der Waals surface area contributed by atoms with Crippen LogP contribution >= 0.6 is 0 Å². The molecule has 0 aromatic heterocycles. The lowest BCUT2D eigenvalue weighted by Crippen LogP contribution is -2.46. The molecule has 0 spiro atoms. The Morgan fingerprint density at radius 1 is 1.07 bits per heavy atom. The van der Waals surface area contributed by atoms with Gasteiger partial charge in [-0.05, 0) is 24.1 Å². The Morgan fingerprint density at radius 3 is 2.41 bits per heavy atom. The monoisotopic (exact) mass is 370 g/mol. The number of para-hydroxylation sites is 1. The second-order valence-electron chi connectivity index (χ2n) is 6.11. The second kappa shape index (κ2) is 10.3. The highest BCUT2D eigenvalue weighted by Crippen LogP contribution is 2.19. The lowest BCUT2D eigenvalue weighted by molar-refractivity contribution is -0.149. The number of methoxy groups -OCH3 is 1. The molecule has 1 unspecified atom stereocenters. The highest BCUT2D eigenvalue weighted by molar-refractivity contribution is 5.86. The first kappa shape index (κ1) is 20.5. The minimum absolute atomic E-state index is 0.138. The quantitative estimate of drug-likeness (QED) is 0.684. The summed E-state index contributed by atoms with van der Waals surface area (Å²) >= 11 is 0. The van der Waals surface area contributed by atoms with E-state index in [1.54, 1.807) is 14.0 Å². The molecule has 0 aliphatic rings. The predicted octanol–water partition coefficient (Wildman–Crippen LogP) is 2.16. The van der Waals surface area contributed by atoms with Crippen LogP contribution in [0.15, 0.2) is 54.6 Å². The summed E-state index contributed by atoms with van der Waals surface area (Å²) in [7, 11) is 1.58. The van der Waals surface area contributed by atoms with E-state index in [1.807, 2.05) is 54.6 Å². The van der Waals surface area contributed by atoms with Crippen LogP contribution in [-0.2, 0) is 27.3 Å². The molecule has 2 rings (SSSR count). The first-order valence-corrected chi connectivity index (χ1v) is 8.91. The van der Waals surface area contributed by atoms with Gasteiger partial charge in [0.1, 0.15) is 12.3 Å².